The van der Waals surface area contributed by atoms with Crippen LogP contribution in [-0.2, 0) is 6.54 Å². The van der Waals surface area contributed by atoms with Gasteiger partial charge in [-0.2, -0.15) is 0 Å². The third-order valence-corrected chi connectivity index (χ3v) is 6.90. The average Bonchev–Trinajstić information content (AvgIpc) is 3.36. The van der Waals surface area contributed by atoms with Crippen molar-refractivity contribution in [3.8, 4) is 33.5 Å². The summed E-state index contributed by atoms with van der Waals surface area (Å²) in [6.07, 6.45) is 5.10. The van der Waals surface area contributed by atoms with Gasteiger partial charge in [0.1, 0.15) is 0 Å². The van der Waals surface area contributed by atoms with Crippen molar-refractivity contribution < 1.29 is 4.79 Å². The van der Waals surface area contributed by atoms with Gasteiger partial charge < -0.3 is 14.9 Å². The van der Waals surface area contributed by atoms with Gasteiger partial charge in [0.05, 0.1) is 11.3 Å². The molecular weight excluding hydrogens is 484 g/mol. The maximum Gasteiger partial charge on any atom is 0.257 e. The zero-order chi connectivity index (χ0) is 26.8. The molecule has 0 unspecified atom stereocenters. The predicted octanol–water partition coefficient (Wildman–Crippen LogP) is 6.52. The minimum absolute atomic E-state index is 0.0913. The molecule has 0 saturated carbocycles. The zero-order valence-electron chi connectivity index (χ0n) is 21.4. The molecule has 0 aliphatic heterocycles. The van der Waals surface area contributed by atoms with Gasteiger partial charge in [-0.3, -0.25) is 14.6 Å². The number of nitrogens with one attached hydrogen (secondary N) is 2. The number of aromatic amines is 2. The number of carbonyl (C=O) groups excluding carboxylic acids is 1. The smallest absolute Gasteiger partial charge is 0.257 e. The number of fused-ring (bicyclic) bond motifs is 1. The van der Waals surface area contributed by atoms with Crippen LogP contribution in [0.5, 0.6) is 0 Å². The highest BCUT2D eigenvalue weighted by Gasteiger charge is 2.20. The lowest BCUT2D eigenvalue weighted by Crippen LogP contribution is -2.26. The fraction of sp³-hybridized carbons (Fsp3) is 0.0606. The standard InChI is InChI=1S/C33H26N4O2/c1-37(21-22-7-5-17-34-20-22)33(39)26-15-16-29-28(19-26)30(31(36-29)27-10-6-18-35-32(27)38)25-13-11-24(12-14-25)23-8-3-2-4-9-23/h2-20,36H,21H2,1H3,(H,35,38). The molecule has 0 fully saturated rings. The van der Waals surface area contributed by atoms with E-state index in [9.17, 15) is 9.59 Å². The van der Waals surface area contributed by atoms with E-state index in [2.05, 4.69) is 51.4 Å². The highest BCUT2D eigenvalue weighted by atomic mass is 16.2. The van der Waals surface area contributed by atoms with Gasteiger partial charge in [0.2, 0.25) is 0 Å². The fourth-order valence-corrected chi connectivity index (χ4v) is 4.96. The van der Waals surface area contributed by atoms with Crippen molar-refractivity contribution in [2.45, 2.75) is 6.54 Å². The molecule has 6 rings (SSSR count). The van der Waals surface area contributed by atoms with Crippen LogP contribution in [0.25, 0.3) is 44.4 Å². The van der Waals surface area contributed by atoms with E-state index in [1.807, 2.05) is 54.6 Å². The summed E-state index contributed by atoms with van der Waals surface area (Å²) in [4.78, 5) is 38.3. The molecule has 3 aromatic carbocycles. The van der Waals surface area contributed by atoms with E-state index in [0.717, 1.165) is 38.7 Å². The third kappa shape index (κ3) is 4.76. The van der Waals surface area contributed by atoms with Crippen molar-refractivity contribution in [2.24, 2.45) is 0 Å². The monoisotopic (exact) mass is 510 g/mol. The van der Waals surface area contributed by atoms with Crippen molar-refractivity contribution in [1.29, 1.82) is 0 Å². The van der Waals surface area contributed by atoms with Gasteiger partial charge in [-0.05, 0) is 58.7 Å². The quantitative estimate of drug-likeness (QED) is 0.267. The molecule has 0 aliphatic carbocycles. The Bertz CT molecular complexity index is 1820. The van der Waals surface area contributed by atoms with E-state index >= 15 is 0 Å². The van der Waals surface area contributed by atoms with Crippen molar-refractivity contribution in [1.82, 2.24) is 19.9 Å². The largest absolute Gasteiger partial charge is 0.354 e. The Hall–Kier alpha value is -5.23. The van der Waals surface area contributed by atoms with Crippen LogP contribution in [0.1, 0.15) is 15.9 Å². The molecule has 0 spiro atoms. The highest BCUT2D eigenvalue weighted by molar-refractivity contribution is 6.07. The van der Waals surface area contributed by atoms with E-state index in [1.54, 1.807) is 36.6 Å². The Morgan fingerprint density at radius 3 is 2.36 bits per heavy atom. The van der Waals surface area contributed by atoms with Crippen molar-refractivity contribution in [3.05, 3.63) is 137 Å². The minimum Gasteiger partial charge on any atom is -0.354 e. The van der Waals surface area contributed by atoms with Crippen molar-refractivity contribution >= 4 is 16.8 Å². The second-order valence-corrected chi connectivity index (χ2v) is 9.51. The Morgan fingerprint density at radius 2 is 1.62 bits per heavy atom. The fourth-order valence-electron chi connectivity index (χ4n) is 4.96. The second kappa shape index (κ2) is 10.3. The molecule has 0 radical (unpaired) electrons. The summed E-state index contributed by atoms with van der Waals surface area (Å²) in [5, 5.41) is 0.876. The number of rotatable bonds is 6. The van der Waals surface area contributed by atoms with Crippen LogP contribution >= 0.6 is 0 Å². The van der Waals surface area contributed by atoms with E-state index in [1.165, 1.54) is 0 Å². The lowest BCUT2D eigenvalue weighted by Gasteiger charge is -2.17. The number of benzene rings is 3. The molecule has 39 heavy (non-hydrogen) atoms. The summed E-state index contributed by atoms with van der Waals surface area (Å²) in [5.74, 6) is -0.0913. The number of nitrogens with zero attached hydrogens (tertiary/aromatic N) is 2. The number of amides is 1. The molecule has 2 N–H and O–H groups in total. The number of hydrogen-bond donors (Lipinski definition) is 2. The maximum atomic E-state index is 13.4. The molecule has 6 nitrogen and oxygen atoms in total. The molecule has 3 aromatic heterocycles. The summed E-state index contributed by atoms with van der Waals surface area (Å²) in [6, 6.07) is 31.6. The van der Waals surface area contributed by atoms with Crippen molar-refractivity contribution in [2.75, 3.05) is 7.05 Å². The summed E-state index contributed by atoms with van der Waals surface area (Å²) in [5.41, 5.74) is 7.52. The number of aromatic nitrogens is 3. The van der Waals surface area contributed by atoms with E-state index in [-0.39, 0.29) is 11.5 Å². The predicted molar refractivity (Wildman–Crippen MR) is 155 cm³/mol. The van der Waals surface area contributed by atoms with Gasteiger partial charge in [0.15, 0.2) is 0 Å². The summed E-state index contributed by atoms with van der Waals surface area (Å²) in [6.45, 7) is 0.455. The van der Waals surface area contributed by atoms with Crippen LogP contribution in [0.3, 0.4) is 0 Å². The van der Waals surface area contributed by atoms with E-state index in [4.69, 9.17) is 0 Å². The molecule has 0 saturated heterocycles. The Morgan fingerprint density at radius 1 is 0.846 bits per heavy atom. The molecule has 0 atom stereocenters. The maximum absolute atomic E-state index is 13.4. The van der Waals surface area contributed by atoms with Gasteiger partial charge in [-0.25, -0.2) is 0 Å². The van der Waals surface area contributed by atoms with Crippen LogP contribution in [-0.4, -0.2) is 32.8 Å². The van der Waals surface area contributed by atoms with Gasteiger partial charge in [-0.1, -0.05) is 60.7 Å². The molecule has 0 aliphatic rings. The number of carbonyl (C=O) groups is 1. The van der Waals surface area contributed by atoms with Crippen LogP contribution in [0.2, 0.25) is 0 Å². The number of H-pyrrole nitrogens is 2. The summed E-state index contributed by atoms with van der Waals surface area (Å²) >= 11 is 0. The molecule has 1 amide bonds. The second-order valence-electron chi connectivity index (χ2n) is 9.51. The van der Waals surface area contributed by atoms with Crippen LogP contribution in [0, 0.1) is 0 Å². The van der Waals surface area contributed by atoms with E-state index < -0.39 is 0 Å². The van der Waals surface area contributed by atoms with Crippen LogP contribution < -0.4 is 5.56 Å². The van der Waals surface area contributed by atoms with Crippen molar-refractivity contribution in [3.63, 3.8) is 0 Å². The Kier molecular flexibility index (Phi) is 6.35. The minimum atomic E-state index is -0.182. The first-order valence-electron chi connectivity index (χ1n) is 12.7. The molecule has 6 heteroatoms. The lowest BCUT2D eigenvalue weighted by atomic mass is 9.96. The topological polar surface area (TPSA) is 81.8 Å². The first-order valence-corrected chi connectivity index (χ1v) is 12.7. The molecule has 3 heterocycles. The normalized spacial score (nSPS) is 11.0. The highest BCUT2D eigenvalue weighted by Crippen LogP contribution is 2.38. The van der Waals surface area contributed by atoms with E-state index in [0.29, 0.717) is 23.4 Å². The number of pyridine rings is 2. The van der Waals surface area contributed by atoms with Gasteiger partial charge in [0, 0.05) is 54.2 Å². The first-order chi connectivity index (χ1) is 19.1. The zero-order valence-corrected chi connectivity index (χ0v) is 21.4. The van der Waals surface area contributed by atoms with Crippen LogP contribution in [0.4, 0.5) is 0 Å². The molecular formula is C33H26N4O2. The SMILES string of the molecule is CN(Cc1cccnc1)C(=O)c1ccc2[nH]c(-c3ccc[nH]c3=O)c(-c3ccc(-c4ccccc4)cc3)c2c1. The molecule has 190 valence electrons. The van der Waals surface area contributed by atoms with Crippen LogP contribution in [0.15, 0.2) is 120 Å². The average molecular weight is 511 g/mol. The summed E-state index contributed by atoms with van der Waals surface area (Å²) < 4.78 is 0. The lowest BCUT2D eigenvalue weighted by molar-refractivity contribution is 0.0785. The summed E-state index contributed by atoms with van der Waals surface area (Å²) in [7, 11) is 1.79. The number of hydrogen-bond acceptors (Lipinski definition) is 3. The third-order valence-electron chi connectivity index (χ3n) is 6.90. The molecule has 0 bridgehead atoms. The Balaban J connectivity index is 1.46. The van der Waals surface area contributed by atoms with Gasteiger partial charge >= 0.3 is 0 Å². The van der Waals surface area contributed by atoms with Gasteiger partial charge in [0.25, 0.3) is 11.5 Å². The first kappa shape index (κ1) is 24.1. The van der Waals surface area contributed by atoms with Gasteiger partial charge in [-0.15, -0.1) is 0 Å². The Labute approximate surface area is 225 Å². The molecule has 6 aromatic rings.